The zero-order valence-corrected chi connectivity index (χ0v) is 15.3. The molecule has 0 saturated heterocycles. The number of hydrogen-bond donors (Lipinski definition) is 2. The predicted molar refractivity (Wildman–Crippen MR) is 94.1 cm³/mol. The molecular formula is C18H20F3N3O2S. The molecule has 1 fully saturated rings. The molecule has 0 radical (unpaired) electrons. The van der Waals surface area contributed by atoms with Crippen molar-refractivity contribution in [3.8, 4) is 0 Å². The summed E-state index contributed by atoms with van der Waals surface area (Å²) in [7, 11) is -0.998. The number of aryl methyl sites for hydroxylation is 1. The molecule has 0 bridgehead atoms. The second kappa shape index (κ2) is 7.03. The van der Waals surface area contributed by atoms with E-state index in [1.807, 2.05) is 18.2 Å². The smallest absolute Gasteiger partial charge is 0.392 e. The Morgan fingerprint density at radius 3 is 2.70 bits per heavy atom. The van der Waals surface area contributed by atoms with Crippen LogP contribution in [0.5, 0.6) is 0 Å². The van der Waals surface area contributed by atoms with Crippen LogP contribution < -0.4 is 4.72 Å². The summed E-state index contributed by atoms with van der Waals surface area (Å²) >= 11 is 0. The van der Waals surface area contributed by atoms with E-state index in [1.165, 1.54) is 10.9 Å². The topological polar surface area (TPSA) is 67.2 Å². The van der Waals surface area contributed by atoms with E-state index in [2.05, 4.69) is 9.82 Å². The van der Waals surface area contributed by atoms with Crippen molar-refractivity contribution in [2.24, 2.45) is 0 Å². The molecule has 0 amide bonds. The Balaban J connectivity index is 1.50. The summed E-state index contributed by atoms with van der Waals surface area (Å²) in [4.78, 5) is 0. The summed E-state index contributed by atoms with van der Waals surface area (Å²) in [6, 6.07) is 5.87. The Labute approximate surface area is 157 Å². The molecular weight excluding hydrogens is 379 g/mol. The summed E-state index contributed by atoms with van der Waals surface area (Å²) in [6.07, 6.45) is 0.384. The second-order valence-corrected chi connectivity index (χ2v) is 8.59. The summed E-state index contributed by atoms with van der Waals surface area (Å²) in [6.45, 7) is -0.507. The molecule has 0 spiro atoms. The van der Waals surface area contributed by atoms with Crippen molar-refractivity contribution >= 4 is 11.0 Å². The van der Waals surface area contributed by atoms with E-state index in [0.29, 0.717) is 0 Å². The van der Waals surface area contributed by atoms with Crippen molar-refractivity contribution in [2.45, 2.75) is 56.3 Å². The van der Waals surface area contributed by atoms with Crippen molar-refractivity contribution in [1.82, 2.24) is 14.5 Å². The van der Waals surface area contributed by atoms with Gasteiger partial charge in [0.1, 0.15) is 0 Å². The number of halogens is 3. The zero-order chi connectivity index (χ0) is 19.2. The quantitative estimate of drug-likeness (QED) is 0.785. The number of aliphatic hydroxyl groups is 1. The van der Waals surface area contributed by atoms with Gasteiger partial charge in [-0.05, 0) is 42.4 Å². The third kappa shape index (κ3) is 3.95. The monoisotopic (exact) mass is 399 g/mol. The Bertz CT molecular complexity index is 877. The molecule has 1 saturated carbocycles. The van der Waals surface area contributed by atoms with E-state index in [-0.39, 0.29) is 23.4 Å². The fourth-order valence-electron chi connectivity index (χ4n) is 3.50. The minimum Gasteiger partial charge on any atom is -0.392 e. The van der Waals surface area contributed by atoms with Gasteiger partial charge in [-0.15, -0.1) is 0 Å². The molecule has 5 nitrogen and oxygen atoms in total. The molecule has 2 aliphatic carbocycles. The summed E-state index contributed by atoms with van der Waals surface area (Å²) in [5, 5.41) is 13.0. The SMILES string of the molecule is O=S(NC1CCc2cc(Cn3cc(CO)c(C(F)(F)F)n3)ccc21)C1CC1. The van der Waals surface area contributed by atoms with Crippen LogP contribution in [0.2, 0.25) is 0 Å². The highest BCUT2D eigenvalue weighted by atomic mass is 32.2. The van der Waals surface area contributed by atoms with Crippen LogP contribution in [0.1, 0.15) is 53.3 Å². The number of alkyl halides is 3. The first kappa shape index (κ1) is 18.6. The molecule has 2 N–H and O–H groups in total. The van der Waals surface area contributed by atoms with Gasteiger partial charge in [-0.2, -0.15) is 18.3 Å². The van der Waals surface area contributed by atoms with Gasteiger partial charge in [0.25, 0.3) is 0 Å². The number of nitrogens with zero attached hydrogens (tertiary/aromatic N) is 2. The standard InChI is InChI=1S/C18H20F3N3O2S/c19-18(20,21)17-13(10-25)9-24(22-17)8-11-1-5-15-12(7-11)2-6-16(15)23-27(26)14-3-4-14/h1,5,7,9,14,16,23,25H,2-4,6,8,10H2. The normalized spacial score (nSPS) is 20.7. The molecule has 2 aromatic rings. The summed E-state index contributed by atoms with van der Waals surface area (Å²) in [5.41, 5.74) is 1.82. The van der Waals surface area contributed by atoms with Gasteiger partial charge < -0.3 is 5.11 Å². The molecule has 1 heterocycles. The number of aromatic nitrogens is 2. The van der Waals surface area contributed by atoms with Crippen LogP contribution in [0, 0.1) is 0 Å². The number of hydrogen-bond acceptors (Lipinski definition) is 3. The van der Waals surface area contributed by atoms with Crippen molar-refractivity contribution in [3.63, 3.8) is 0 Å². The van der Waals surface area contributed by atoms with Gasteiger partial charge in [0.2, 0.25) is 0 Å². The number of aliphatic hydroxyl groups excluding tert-OH is 1. The number of nitrogens with one attached hydrogen (secondary N) is 1. The van der Waals surface area contributed by atoms with E-state index >= 15 is 0 Å². The van der Waals surface area contributed by atoms with E-state index < -0.39 is 29.5 Å². The first-order valence-electron chi connectivity index (χ1n) is 8.88. The van der Waals surface area contributed by atoms with Crippen LogP contribution in [0.25, 0.3) is 0 Å². The maximum atomic E-state index is 13.0. The Hall–Kier alpha value is -1.71. The van der Waals surface area contributed by atoms with Gasteiger partial charge in [0.05, 0.1) is 24.1 Å². The van der Waals surface area contributed by atoms with Gasteiger partial charge in [-0.3, -0.25) is 4.68 Å². The van der Waals surface area contributed by atoms with Crippen molar-refractivity contribution in [2.75, 3.05) is 0 Å². The van der Waals surface area contributed by atoms with Crippen LogP contribution in [0.4, 0.5) is 13.2 Å². The lowest BCUT2D eigenvalue weighted by Crippen LogP contribution is -2.24. The molecule has 146 valence electrons. The van der Waals surface area contributed by atoms with Crippen LogP contribution in [-0.4, -0.2) is 24.3 Å². The summed E-state index contributed by atoms with van der Waals surface area (Å²) in [5.74, 6) is 0. The van der Waals surface area contributed by atoms with Gasteiger partial charge in [0, 0.05) is 23.1 Å². The third-order valence-electron chi connectivity index (χ3n) is 4.99. The molecule has 1 aromatic carbocycles. The average Bonchev–Trinajstić information content (AvgIpc) is 3.28. The van der Waals surface area contributed by atoms with E-state index in [9.17, 15) is 17.4 Å². The van der Waals surface area contributed by atoms with E-state index in [4.69, 9.17) is 5.11 Å². The van der Waals surface area contributed by atoms with E-state index in [0.717, 1.165) is 42.4 Å². The van der Waals surface area contributed by atoms with Crippen LogP contribution >= 0.6 is 0 Å². The molecule has 9 heteroatoms. The van der Waals surface area contributed by atoms with Crippen LogP contribution in [0.3, 0.4) is 0 Å². The lowest BCUT2D eigenvalue weighted by atomic mass is 10.1. The fourth-order valence-corrected chi connectivity index (χ4v) is 4.78. The minimum absolute atomic E-state index is 0.0676. The predicted octanol–water partition coefficient (Wildman–Crippen LogP) is 2.85. The van der Waals surface area contributed by atoms with Gasteiger partial charge in [-0.25, -0.2) is 8.93 Å². The molecule has 4 rings (SSSR count). The fraction of sp³-hybridized carbons (Fsp3) is 0.500. The number of rotatable bonds is 6. The first-order valence-corrected chi connectivity index (χ1v) is 10.1. The number of fused-ring (bicyclic) bond motifs is 1. The molecule has 0 aliphatic heterocycles. The third-order valence-corrected chi connectivity index (χ3v) is 6.59. The molecule has 2 aliphatic rings. The minimum atomic E-state index is -4.59. The van der Waals surface area contributed by atoms with Crippen molar-refractivity contribution in [3.05, 3.63) is 52.3 Å². The molecule has 27 heavy (non-hydrogen) atoms. The van der Waals surface area contributed by atoms with Crippen molar-refractivity contribution < 1.29 is 22.5 Å². The lowest BCUT2D eigenvalue weighted by Gasteiger charge is -2.13. The number of benzene rings is 1. The second-order valence-electron chi connectivity index (χ2n) is 7.10. The largest absolute Gasteiger partial charge is 0.435 e. The Kier molecular flexibility index (Phi) is 4.85. The van der Waals surface area contributed by atoms with Crippen molar-refractivity contribution in [1.29, 1.82) is 0 Å². The first-order chi connectivity index (χ1) is 12.8. The van der Waals surface area contributed by atoms with E-state index in [1.54, 1.807) is 0 Å². The Morgan fingerprint density at radius 1 is 1.30 bits per heavy atom. The maximum Gasteiger partial charge on any atom is 0.435 e. The summed E-state index contributed by atoms with van der Waals surface area (Å²) < 4.78 is 55.4. The zero-order valence-electron chi connectivity index (χ0n) is 14.5. The van der Waals surface area contributed by atoms with Crippen LogP contribution in [-0.2, 0) is 36.7 Å². The lowest BCUT2D eigenvalue weighted by molar-refractivity contribution is -0.142. The molecule has 2 atom stereocenters. The Morgan fingerprint density at radius 2 is 2.07 bits per heavy atom. The average molecular weight is 399 g/mol. The van der Waals surface area contributed by atoms with Crippen LogP contribution in [0.15, 0.2) is 24.4 Å². The molecule has 1 aromatic heterocycles. The van der Waals surface area contributed by atoms with Gasteiger partial charge in [0.15, 0.2) is 5.69 Å². The highest BCUT2D eigenvalue weighted by Crippen LogP contribution is 2.35. The maximum absolute atomic E-state index is 13.0. The highest BCUT2D eigenvalue weighted by molar-refractivity contribution is 7.84. The van der Waals surface area contributed by atoms with Gasteiger partial charge >= 0.3 is 6.18 Å². The van der Waals surface area contributed by atoms with Gasteiger partial charge in [-0.1, -0.05) is 18.2 Å². The highest BCUT2D eigenvalue weighted by Gasteiger charge is 2.37. The molecule has 2 unspecified atom stereocenters.